The number of H-pyrrole nitrogens is 1. The van der Waals surface area contributed by atoms with Crippen molar-refractivity contribution in [1.82, 2.24) is 15.2 Å². The molecule has 0 radical (unpaired) electrons. The van der Waals surface area contributed by atoms with Crippen LogP contribution in [0.2, 0.25) is 0 Å². The Kier molecular flexibility index (Phi) is 3.80. The molecule has 0 aliphatic carbocycles. The van der Waals surface area contributed by atoms with Crippen LogP contribution in [0.1, 0.15) is 10.4 Å². The Morgan fingerprint density at radius 1 is 1.09 bits per heavy atom. The summed E-state index contributed by atoms with van der Waals surface area (Å²) in [6, 6.07) is 14.5. The number of anilines is 1. The highest BCUT2D eigenvalue weighted by molar-refractivity contribution is 5.89. The number of aromatic carboxylic acids is 1. The Morgan fingerprint density at radius 3 is 2.48 bits per heavy atom. The van der Waals surface area contributed by atoms with Gasteiger partial charge < -0.3 is 10.0 Å². The van der Waals surface area contributed by atoms with E-state index in [1.54, 1.807) is 24.3 Å². The molecule has 0 spiro atoms. The van der Waals surface area contributed by atoms with Crippen molar-refractivity contribution in [2.24, 2.45) is 0 Å². The molecule has 2 aromatic carbocycles. The molecule has 1 aromatic heterocycles. The van der Waals surface area contributed by atoms with Crippen LogP contribution >= 0.6 is 0 Å². The number of hydrogen-bond acceptors (Lipinski definition) is 4. The number of aromatic nitrogens is 3. The van der Waals surface area contributed by atoms with Gasteiger partial charge in [0.15, 0.2) is 11.6 Å². The van der Waals surface area contributed by atoms with Gasteiger partial charge in [-0.25, -0.2) is 9.78 Å². The molecular formula is C17H16N4O2. The first kappa shape index (κ1) is 14.8. The predicted octanol–water partition coefficient (Wildman–Crippen LogP) is 2.90. The largest absolute Gasteiger partial charge is 0.478 e. The molecule has 0 fully saturated rings. The molecule has 2 N–H and O–H groups in total. The highest BCUT2D eigenvalue weighted by atomic mass is 16.4. The fourth-order valence-corrected chi connectivity index (χ4v) is 2.23. The molecule has 0 saturated carbocycles. The highest BCUT2D eigenvalue weighted by Crippen LogP contribution is 2.22. The molecule has 0 bridgehead atoms. The molecule has 0 aliphatic heterocycles. The van der Waals surface area contributed by atoms with E-state index in [1.165, 1.54) is 0 Å². The molecule has 0 unspecified atom stereocenters. The van der Waals surface area contributed by atoms with Gasteiger partial charge in [0, 0.05) is 30.9 Å². The normalized spacial score (nSPS) is 10.5. The first-order valence-electron chi connectivity index (χ1n) is 7.08. The van der Waals surface area contributed by atoms with Crippen LogP contribution in [-0.2, 0) is 0 Å². The van der Waals surface area contributed by atoms with Crippen LogP contribution in [0.5, 0.6) is 0 Å². The van der Waals surface area contributed by atoms with Crippen LogP contribution in [0.25, 0.3) is 22.8 Å². The van der Waals surface area contributed by atoms with E-state index in [0.29, 0.717) is 17.2 Å². The van der Waals surface area contributed by atoms with Gasteiger partial charge in [-0.15, -0.1) is 0 Å². The molecule has 6 nitrogen and oxygen atoms in total. The second-order valence-corrected chi connectivity index (χ2v) is 5.33. The summed E-state index contributed by atoms with van der Waals surface area (Å²) in [7, 11) is 3.97. The SMILES string of the molecule is CN(C)c1ccc(-c2nc(-c3cccc(C(=O)O)c3)n[nH]2)cc1. The van der Waals surface area contributed by atoms with E-state index >= 15 is 0 Å². The van der Waals surface area contributed by atoms with Crippen molar-refractivity contribution in [3.8, 4) is 22.8 Å². The lowest BCUT2D eigenvalue weighted by Gasteiger charge is -2.11. The van der Waals surface area contributed by atoms with Crippen molar-refractivity contribution < 1.29 is 9.90 Å². The van der Waals surface area contributed by atoms with Gasteiger partial charge >= 0.3 is 5.97 Å². The summed E-state index contributed by atoms with van der Waals surface area (Å²) >= 11 is 0. The molecule has 3 rings (SSSR count). The minimum atomic E-state index is -0.970. The summed E-state index contributed by atoms with van der Waals surface area (Å²) in [5.41, 5.74) is 2.90. The van der Waals surface area contributed by atoms with E-state index in [0.717, 1.165) is 11.3 Å². The Morgan fingerprint density at radius 2 is 1.83 bits per heavy atom. The number of carboxylic acid groups (broad SMARTS) is 1. The molecule has 116 valence electrons. The second kappa shape index (κ2) is 5.92. The minimum absolute atomic E-state index is 0.212. The molecule has 0 aliphatic rings. The van der Waals surface area contributed by atoms with Crippen molar-refractivity contribution in [3.05, 3.63) is 54.1 Å². The number of benzene rings is 2. The van der Waals surface area contributed by atoms with Crippen molar-refractivity contribution in [1.29, 1.82) is 0 Å². The highest BCUT2D eigenvalue weighted by Gasteiger charge is 2.10. The van der Waals surface area contributed by atoms with Crippen molar-refractivity contribution in [2.75, 3.05) is 19.0 Å². The van der Waals surface area contributed by atoms with Crippen molar-refractivity contribution in [3.63, 3.8) is 0 Å². The zero-order valence-electron chi connectivity index (χ0n) is 12.8. The van der Waals surface area contributed by atoms with E-state index in [9.17, 15) is 4.79 Å². The van der Waals surface area contributed by atoms with E-state index in [2.05, 4.69) is 15.2 Å². The zero-order chi connectivity index (χ0) is 16.4. The van der Waals surface area contributed by atoms with Gasteiger partial charge in [-0.1, -0.05) is 12.1 Å². The third-order valence-corrected chi connectivity index (χ3v) is 3.51. The molecule has 0 amide bonds. The summed E-state index contributed by atoms with van der Waals surface area (Å²) < 4.78 is 0. The monoisotopic (exact) mass is 308 g/mol. The maximum absolute atomic E-state index is 11.0. The van der Waals surface area contributed by atoms with Gasteiger partial charge in [-0.05, 0) is 36.4 Å². The minimum Gasteiger partial charge on any atom is -0.478 e. The average Bonchev–Trinajstić information content (AvgIpc) is 3.05. The lowest BCUT2D eigenvalue weighted by atomic mass is 10.1. The van der Waals surface area contributed by atoms with Gasteiger partial charge in [0.1, 0.15) is 0 Å². The standard InChI is InChI=1S/C17H16N4O2/c1-21(2)14-8-6-11(7-9-14)15-18-16(20-19-15)12-4-3-5-13(10-12)17(22)23/h3-10H,1-2H3,(H,22,23)(H,18,19,20). The Balaban J connectivity index is 1.91. The van der Waals surface area contributed by atoms with Gasteiger partial charge in [-0.2, -0.15) is 5.10 Å². The average molecular weight is 308 g/mol. The summed E-state index contributed by atoms with van der Waals surface area (Å²) in [5.74, 6) is 0.146. The van der Waals surface area contributed by atoms with Gasteiger partial charge in [0.05, 0.1) is 5.56 Å². The van der Waals surface area contributed by atoms with Crippen LogP contribution in [0.15, 0.2) is 48.5 Å². The first-order chi connectivity index (χ1) is 11.0. The quantitative estimate of drug-likeness (QED) is 0.774. The molecule has 6 heteroatoms. The summed E-state index contributed by atoms with van der Waals surface area (Å²) in [6.07, 6.45) is 0. The number of nitrogens with zero attached hydrogens (tertiary/aromatic N) is 3. The van der Waals surface area contributed by atoms with E-state index in [4.69, 9.17) is 5.11 Å². The van der Waals surface area contributed by atoms with Crippen LogP contribution in [0.3, 0.4) is 0 Å². The van der Waals surface area contributed by atoms with Crippen LogP contribution in [0, 0.1) is 0 Å². The fourth-order valence-electron chi connectivity index (χ4n) is 2.23. The lowest BCUT2D eigenvalue weighted by molar-refractivity contribution is 0.0697. The number of hydrogen-bond donors (Lipinski definition) is 2. The number of carboxylic acids is 1. The van der Waals surface area contributed by atoms with Crippen LogP contribution < -0.4 is 4.90 Å². The van der Waals surface area contributed by atoms with Crippen LogP contribution in [0.4, 0.5) is 5.69 Å². The van der Waals surface area contributed by atoms with Crippen LogP contribution in [-0.4, -0.2) is 40.4 Å². The third-order valence-electron chi connectivity index (χ3n) is 3.51. The Hall–Kier alpha value is -3.15. The Labute approximate surface area is 133 Å². The number of aromatic amines is 1. The molecule has 0 atom stereocenters. The molecule has 1 heterocycles. The summed E-state index contributed by atoms with van der Waals surface area (Å²) in [4.78, 5) is 17.5. The smallest absolute Gasteiger partial charge is 0.335 e. The van der Waals surface area contributed by atoms with Crippen molar-refractivity contribution in [2.45, 2.75) is 0 Å². The predicted molar refractivity (Wildman–Crippen MR) is 88.5 cm³/mol. The van der Waals surface area contributed by atoms with Gasteiger partial charge in [0.25, 0.3) is 0 Å². The number of nitrogens with one attached hydrogen (secondary N) is 1. The lowest BCUT2D eigenvalue weighted by Crippen LogP contribution is -2.07. The maximum atomic E-state index is 11.0. The first-order valence-corrected chi connectivity index (χ1v) is 7.08. The third kappa shape index (κ3) is 3.06. The number of rotatable bonds is 4. The fraction of sp³-hybridized carbons (Fsp3) is 0.118. The molecular weight excluding hydrogens is 292 g/mol. The maximum Gasteiger partial charge on any atom is 0.335 e. The zero-order valence-corrected chi connectivity index (χ0v) is 12.8. The molecule has 3 aromatic rings. The van der Waals surface area contributed by atoms with Gasteiger partial charge in [0.2, 0.25) is 0 Å². The van der Waals surface area contributed by atoms with Crippen molar-refractivity contribution >= 4 is 11.7 Å². The van der Waals surface area contributed by atoms with E-state index in [1.807, 2.05) is 43.3 Å². The van der Waals surface area contributed by atoms with E-state index < -0.39 is 5.97 Å². The molecule has 23 heavy (non-hydrogen) atoms. The molecule has 0 saturated heterocycles. The Bertz CT molecular complexity index is 838. The summed E-state index contributed by atoms with van der Waals surface area (Å²) in [6.45, 7) is 0. The van der Waals surface area contributed by atoms with Gasteiger partial charge in [-0.3, -0.25) is 5.10 Å². The van der Waals surface area contributed by atoms with E-state index in [-0.39, 0.29) is 5.56 Å². The summed E-state index contributed by atoms with van der Waals surface area (Å²) in [5, 5.41) is 16.1. The second-order valence-electron chi connectivity index (χ2n) is 5.33. The number of carbonyl (C=O) groups is 1. The topological polar surface area (TPSA) is 82.1 Å².